The first-order chi connectivity index (χ1) is 31.2. The zero-order chi connectivity index (χ0) is 50.2. The number of esters is 2. The number of hydrogen-bond acceptors (Lipinski definition) is 6. The van der Waals surface area contributed by atoms with Crippen LogP contribution in [0, 0.1) is 28.1 Å². The summed E-state index contributed by atoms with van der Waals surface area (Å²) in [5, 5.41) is 0. The Hall–Kier alpha value is -4.32. The van der Waals surface area contributed by atoms with Crippen molar-refractivity contribution in [2.24, 2.45) is 28.1 Å². The molecule has 0 aliphatic rings. The Balaban J connectivity index is 0.0000208. The number of carbonyl (C=O) groups excluding carboxylic acids is 4. The number of unbranched alkanes of at least 4 members (excludes halogenated alkanes) is 6. The summed E-state index contributed by atoms with van der Waals surface area (Å²) in [6.45, 7) is 36.0. The average molecular weight is 911 g/mol. The molecule has 1 aromatic rings. The quantitative estimate of drug-likeness (QED) is 0.0168. The molecule has 0 saturated heterocycles. The van der Waals surface area contributed by atoms with Crippen molar-refractivity contribution in [3.8, 4) is 0 Å². The predicted octanol–water partition coefficient (Wildman–Crippen LogP) is 16.4. The van der Waals surface area contributed by atoms with E-state index in [-0.39, 0.29) is 52.6 Å². The Labute approximate surface area is 404 Å². The van der Waals surface area contributed by atoms with Gasteiger partial charge in [0.25, 0.3) is 0 Å². The van der Waals surface area contributed by atoms with Crippen molar-refractivity contribution in [1.82, 2.24) is 0 Å². The molecule has 6 nitrogen and oxygen atoms in total. The van der Waals surface area contributed by atoms with Gasteiger partial charge in [-0.25, -0.2) is 0 Å². The molecular formula is C60H94O6. The molecule has 0 spiro atoms. The highest BCUT2D eigenvalue weighted by Gasteiger charge is 2.34. The summed E-state index contributed by atoms with van der Waals surface area (Å²) >= 11 is 0. The molecule has 6 heteroatoms. The number of ether oxygens (including phenoxy) is 2. The minimum atomic E-state index is -0.632. The molecule has 66 heavy (non-hydrogen) atoms. The molecule has 0 radical (unpaired) electrons. The number of Topliss-reactive ketones (excluding diaryl/α,β-unsaturated/α-hetero) is 1. The van der Waals surface area contributed by atoms with E-state index in [0.717, 1.165) is 101 Å². The summed E-state index contributed by atoms with van der Waals surface area (Å²) < 4.78 is 12.7. The lowest BCUT2D eigenvalue weighted by Gasteiger charge is -2.33. The van der Waals surface area contributed by atoms with Gasteiger partial charge in [0.1, 0.15) is 12.2 Å². The lowest BCUT2D eigenvalue weighted by molar-refractivity contribution is -0.160. The Morgan fingerprint density at radius 3 is 1.79 bits per heavy atom. The van der Waals surface area contributed by atoms with Crippen LogP contribution < -0.4 is 0 Å². The van der Waals surface area contributed by atoms with Gasteiger partial charge in [-0.2, -0.15) is 0 Å². The second kappa shape index (κ2) is 34.0. The van der Waals surface area contributed by atoms with E-state index in [1.54, 1.807) is 26.0 Å². The fraction of sp³-hybridized carbons (Fsp3) is 0.600. The van der Waals surface area contributed by atoms with E-state index in [0.29, 0.717) is 19.3 Å². The lowest BCUT2D eigenvalue weighted by atomic mass is 9.82. The Morgan fingerprint density at radius 1 is 0.712 bits per heavy atom. The summed E-state index contributed by atoms with van der Waals surface area (Å²) in [4.78, 5) is 51.6. The molecule has 0 aliphatic carbocycles. The number of hydrogen-bond donors (Lipinski definition) is 0. The first-order valence-corrected chi connectivity index (χ1v) is 25.4. The molecule has 4 atom stereocenters. The van der Waals surface area contributed by atoms with Crippen molar-refractivity contribution < 1.29 is 28.7 Å². The second-order valence-corrected chi connectivity index (χ2v) is 19.8. The van der Waals surface area contributed by atoms with Crippen LogP contribution in [0.15, 0.2) is 116 Å². The highest BCUT2D eigenvalue weighted by molar-refractivity contribution is 6.43. The maximum Gasteiger partial charge on any atom is 0.309 e. The predicted molar refractivity (Wildman–Crippen MR) is 281 cm³/mol. The number of aryl methyl sites for hydroxylation is 1. The number of ketones is 2. The van der Waals surface area contributed by atoms with Crippen LogP contribution in [0.3, 0.4) is 0 Å². The molecule has 1 rings (SSSR count). The normalized spacial score (nSPS) is 14.3. The zero-order valence-corrected chi connectivity index (χ0v) is 44.0. The van der Waals surface area contributed by atoms with Crippen LogP contribution in [-0.4, -0.2) is 35.7 Å². The maximum atomic E-state index is 13.5. The van der Waals surface area contributed by atoms with E-state index in [4.69, 9.17) is 9.47 Å². The monoisotopic (exact) mass is 911 g/mol. The molecule has 0 aromatic heterocycles. The van der Waals surface area contributed by atoms with Gasteiger partial charge in [0.2, 0.25) is 11.6 Å². The fourth-order valence-corrected chi connectivity index (χ4v) is 7.66. The third-order valence-electron chi connectivity index (χ3n) is 12.6. The molecule has 3 unspecified atom stereocenters. The standard InChI is InChI=1S/C58H88O6.C2H6/c1-14-32-47(16-3)38-40-52(64-55(62)49(33-15-2)44-45(5)6)58(12,13)43-31-24-19-18-23-30-42-57(10,11)51(41-39-48-35-27-25-28-36-48)63-54(61)46(7)34-26-21-20-22-29-37-50(59)53(60)56(8,9)17-4;1-2/h14,16,25,27-32,35-37,42-43,46,49,51-52H,1,3,5,15,17-24,26,33-34,38-41,44H2,2,4,6-13H3;1-2H3/b37-29-,42-30+,43-31+,47-32+;/t46?,49-,51?,52?;/m1./s1. The third kappa shape index (κ3) is 25.6. The van der Waals surface area contributed by atoms with Gasteiger partial charge in [0.05, 0.1) is 11.8 Å². The van der Waals surface area contributed by atoms with E-state index in [1.807, 2.05) is 65.0 Å². The van der Waals surface area contributed by atoms with E-state index in [9.17, 15) is 19.2 Å². The van der Waals surface area contributed by atoms with E-state index < -0.39 is 11.2 Å². The maximum absolute atomic E-state index is 13.5. The fourth-order valence-electron chi connectivity index (χ4n) is 7.66. The van der Waals surface area contributed by atoms with Gasteiger partial charge < -0.3 is 9.47 Å². The highest BCUT2D eigenvalue weighted by atomic mass is 16.5. The molecule has 0 N–H and O–H groups in total. The van der Waals surface area contributed by atoms with E-state index in [2.05, 4.69) is 90.8 Å². The summed E-state index contributed by atoms with van der Waals surface area (Å²) in [6.07, 6.45) is 31.2. The van der Waals surface area contributed by atoms with Crippen molar-refractivity contribution in [2.75, 3.05) is 0 Å². The van der Waals surface area contributed by atoms with Gasteiger partial charge in [-0.15, -0.1) is 6.58 Å². The van der Waals surface area contributed by atoms with Crippen molar-refractivity contribution in [3.05, 3.63) is 121 Å². The molecule has 0 aliphatic heterocycles. The Bertz CT molecular complexity index is 1720. The van der Waals surface area contributed by atoms with Crippen LogP contribution in [0.25, 0.3) is 0 Å². The van der Waals surface area contributed by atoms with Crippen LogP contribution in [0.2, 0.25) is 0 Å². The minimum Gasteiger partial charge on any atom is -0.461 e. The molecular weight excluding hydrogens is 817 g/mol. The highest BCUT2D eigenvalue weighted by Crippen LogP contribution is 2.33. The largest absolute Gasteiger partial charge is 0.461 e. The van der Waals surface area contributed by atoms with Gasteiger partial charge in [-0.05, 0) is 114 Å². The van der Waals surface area contributed by atoms with Crippen LogP contribution in [0.4, 0.5) is 0 Å². The Morgan fingerprint density at radius 2 is 1.26 bits per heavy atom. The summed E-state index contributed by atoms with van der Waals surface area (Å²) in [5.41, 5.74) is 1.94. The van der Waals surface area contributed by atoms with Crippen LogP contribution in [-0.2, 0) is 35.1 Å². The molecule has 0 heterocycles. The summed E-state index contributed by atoms with van der Waals surface area (Å²) in [7, 11) is 0. The number of benzene rings is 1. The average Bonchev–Trinajstić information content (AvgIpc) is 3.29. The summed E-state index contributed by atoms with van der Waals surface area (Å²) in [5.74, 6) is -1.46. The van der Waals surface area contributed by atoms with Crippen molar-refractivity contribution in [3.63, 3.8) is 0 Å². The van der Waals surface area contributed by atoms with Crippen LogP contribution >= 0.6 is 0 Å². The van der Waals surface area contributed by atoms with Gasteiger partial charge in [-0.1, -0.05) is 193 Å². The summed E-state index contributed by atoms with van der Waals surface area (Å²) in [6, 6.07) is 10.4. The first-order valence-electron chi connectivity index (χ1n) is 25.4. The first kappa shape index (κ1) is 61.7. The number of allylic oxidation sites excluding steroid dienone is 9. The topological polar surface area (TPSA) is 86.7 Å². The van der Waals surface area contributed by atoms with Crippen LogP contribution in [0.5, 0.6) is 0 Å². The zero-order valence-electron chi connectivity index (χ0n) is 44.0. The molecule has 0 saturated carbocycles. The smallest absolute Gasteiger partial charge is 0.309 e. The molecule has 0 amide bonds. The van der Waals surface area contributed by atoms with E-state index >= 15 is 0 Å². The molecule has 1 aromatic carbocycles. The van der Waals surface area contributed by atoms with Crippen molar-refractivity contribution >= 4 is 23.5 Å². The Kier molecular flexibility index (Phi) is 31.8. The van der Waals surface area contributed by atoms with E-state index in [1.165, 1.54) is 11.6 Å². The second-order valence-electron chi connectivity index (χ2n) is 19.8. The van der Waals surface area contributed by atoms with Crippen LogP contribution in [0.1, 0.15) is 191 Å². The van der Waals surface area contributed by atoms with Crippen molar-refractivity contribution in [2.45, 2.75) is 204 Å². The van der Waals surface area contributed by atoms with Gasteiger partial charge in [0, 0.05) is 16.2 Å². The molecule has 0 bridgehead atoms. The molecule has 0 fully saturated rings. The number of rotatable bonds is 35. The SMILES string of the molecule is C=C/C=C(\C=C)CCC(OC(=O)[C@H](CCC)CC(=C)C)C(C)(C)/C=C/CCCC/C=C/C(C)(C)C(CCc1ccccc1)OC(=O)C(C)CCCCC/C=C\C(=O)C(=O)C(C)(C)CC.CC. The lowest BCUT2D eigenvalue weighted by Crippen LogP contribution is -2.35. The van der Waals surface area contributed by atoms with Gasteiger partial charge >= 0.3 is 11.9 Å². The minimum absolute atomic E-state index is 0.139. The molecule has 370 valence electrons. The van der Waals surface area contributed by atoms with Crippen molar-refractivity contribution in [1.29, 1.82) is 0 Å². The van der Waals surface area contributed by atoms with Gasteiger partial charge in [-0.3, -0.25) is 19.2 Å². The van der Waals surface area contributed by atoms with Gasteiger partial charge in [0.15, 0.2) is 0 Å². The third-order valence-corrected chi connectivity index (χ3v) is 12.6. The number of carbonyl (C=O) groups is 4.